The molecule has 0 heterocycles. The average molecular weight is 382 g/mol. The maximum absolute atomic E-state index is 12.2. The van der Waals surface area contributed by atoms with Crippen LogP contribution in [0.1, 0.15) is 22.8 Å². The number of hydrogen-bond acceptors (Lipinski definition) is 3. The van der Waals surface area contributed by atoms with Crippen LogP contribution in [0.4, 0.5) is 0 Å². The zero-order valence-electron chi connectivity index (χ0n) is 11.8. The van der Waals surface area contributed by atoms with Crippen LogP contribution in [0, 0.1) is 0 Å². The molecule has 2 aromatic rings. The molecule has 0 saturated carbocycles. The summed E-state index contributed by atoms with van der Waals surface area (Å²) in [5, 5.41) is 4.55. The van der Waals surface area contributed by atoms with Crippen LogP contribution in [0.5, 0.6) is 5.75 Å². The number of hydrazone groups is 1. The summed E-state index contributed by atoms with van der Waals surface area (Å²) in [6.45, 7) is 2.34. The lowest BCUT2D eigenvalue weighted by Crippen LogP contribution is -2.18. The lowest BCUT2D eigenvalue weighted by molar-refractivity contribution is 0.0951. The summed E-state index contributed by atoms with van der Waals surface area (Å²) < 4.78 is 6.23. The number of ether oxygens (including phenoxy) is 1. The van der Waals surface area contributed by atoms with Gasteiger partial charge in [0, 0.05) is 9.50 Å². The summed E-state index contributed by atoms with van der Waals surface area (Å²) in [4.78, 5) is 12.2. The van der Waals surface area contributed by atoms with E-state index in [0.717, 1.165) is 10.0 Å². The summed E-state index contributed by atoms with van der Waals surface area (Å²) >= 11 is 9.22. The van der Waals surface area contributed by atoms with Gasteiger partial charge in [-0.3, -0.25) is 4.79 Å². The molecule has 2 aromatic carbocycles. The summed E-state index contributed by atoms with van der Waals surface area (Å²) in [6, 6.07) is 12.4. The minimum absolute atomic E-state index is 0.344. The Morgan fingerprint density at radius 1 is 1.36 bits per heavy atom. The zero-order valence-corrected chi connectivity index (χ0v) is 14.2. The van der Waals surface area contributed by atoms with Crippen molar-refractivity contribution in [3.05, 3.63) is 63.1 Å². The fourth-order valence-electron chi connectivity index (χ4n) is 1.77. The highest BCUT2D eigenvalue weighted by Gasteiger charge is 2.12. The van der Waals surface area contributed by atoms with Gasteiger partial charge in [0.15, 0.2) is 0 Å². The van der Waals surface area contributed by atoms with Crippen LogP contribution in [-0.4, -0.2) is 18.7 Å². The molecular formula is C16H14BrClN2O2. The number of nitrogens with zero attached hydrogens (tertiary/aromatic N) is 1. The highest BCUT2D eigenvalue weighted by molar-refractivity contribution is 9.10. The minimum Gasteiger partial charge on any atom is -0.493 e. The monoisotopic (exact) mass is 380 g/mol. The van der Waals surface area contributed by atoms with Crippen molar-refractivity contribution in [3.8, 4) is 5.75 Å². The van der Waals surface area contributed by atoms with Crippen molar-refractivity contribution in [3.63, 3.8) is 0 Å². The van der Waals surface area contributed by atoms with Gasteiger partial charge in [0.25, 0.3) is 5.91 Å². The third-order valence-electron chi connectivity index (χ3n) is 2.71. The Morgan fingerprint density at radius 3 is 2.91 bits per heavy atom. The Morgan fingerprint density at radius 2 is 2.18 bits per heavy atom. The highest BCUT2D eigenvalue weighted by Crippen LogP contribution is 2.23. The van der Waals surface area contributed by atoms with E-state index in [-0.39, 0.29) is 5.91 Å². The first kappa shape index (κ1) is 16.5. The molecule has 2 rings (SSSR count). The first-order valence-corrected chi connectivity index (χ1v) is 7.78. The molecule has 4 nitrogen and oxygen atoms in total. The van der Waals surface area contributed by atoms with Crippen molar-refractivity contribution in [2.45, 2.75) is 6.92 Å². The SMILES string of the molecule is CCOc1ccc(Br)cc1C(=O)N/N=C/c1cccc(Cl)c1. The number of benzene rings is 2. The van der Waals surface area contributed by atoms with Crippen LogP contribution in [0.3, 0.4) is 0 Å². The first-order valence-electron chi connectivity index (χ1n) is 6.61. The maximum atomic E-state index is 12.2. The van der Waals surface area contributed by atoms with Crippen LogP contribution in [0.2, 0.25) is 5.02 Å². The van der Waals surface area contributed by atoms with Gasteiger partial charge >= 0.3 is 0 Å². The quantitative estimate of drug-likeness (QED) is 0.621. The van der Waals surface area contributed by atoms with Gasteiger partial charge < -0.3 is 4.74 Å². The molecule has 0 radical (unpaired) electrons. The molecule has 0 spiro atoms. The van der Waals surface area contributed by atoms with Crippen molar-refractivity contribution in [1.82, 2.24) is 5.43 Å². The smallest absolute Gasteiger partial charge is 0.275 e. The third-order valence-corrected chi connectivity index (χ3v) is 3.44. The van der Waals surface area contributed by atoms with E-state index in [0.29, 0.717) is 22.9 Å². The zero-order chi connectivity index (χ0) is 15.9. The molecule has 1 amide bonds. The summed E-state index contributed by atoms with van der Waals surface area (Å²) in [6.07, 6.45) is 1.53. The number of hydrogen-bond donors (Lipinski definition) is 1. The molecule has 0 aliphatic carbocycles. The summed E-state index contributed by atoms with van der Waals surface area (Å²) in [5.41, 5.74) is 3.69. The molecular weight excluding hydrogens is 368 g/mol. The van der Waals surface area contributed by atoms with E-state index in [1.807, 2.05) is 25.1 Å². The van der Waals surface area contributed by atoms with Gasteiger partial charge in [0.1, 0.15) is 5.75 Å². The molecule has 0 saturated heterocycles. The van der Waals surface area contributed by atoms with E-state index in [1.165, 1.54) is 6.21 Å². The van der Waals surface area contributed by atoms with E-state index < -0.39 is 0 Å². The largest absolute Gasteiger partial charge is 0.493 e. The molecule has 0 aliphatic rings. The van der Waals surface area contributed by atoms with Gasteiger partial charge in [-0.25, -0.2) is 5.43 Å². The fourth-order valence-corrected chi connectivity index (χ4v) is 2.33. The predicted molar refractivity (Wildman–Crippen MR) is 91.8 cm³/mol. The fraction of sp³-hybridized carbons (Fsp3) is 0.125. The molecule has 22 heavy (non-hydrogen) atoms. The predicted octanol–water partition coefficient (Wildman–Crippen LogP) is 4.27. The Labute approximate surface area is 142 Å². The van der Waals surface area contributed by atoms with Crippen LogP contribution in [0.15, 0.2) is 52.0 Å². The number of rotatable bonds is 5. The molecule has 0 bridgehead atoms. The first-order chi connectivity index (χ1) is 10.6. The molecule has 6 heteroatoms. The van der Waals surface area contributed by atoms with Gasteiger partial charge in [0.05, 0.1) is 18.4 Å². The molecule has 0 atom stereocenters. The Hall–Kier alpha value is -1.85. The van der Waals surface area contributed by atoms with Crippen molar-refractivity contribution in [2.75, 3.05) is 6.61 Å². The van der Waals surface area contributed by atoms with Crippen LogP contribution < -0.4 is 10.2 Å². The van der Waals surface area contributed by atoms with Crippen LogP contribution in [-0.2, 0) is 0 Å². The second kappa shape index (κ2) is 7.96. The number of nitrogens with one attached hydrogen (secondary N) is 1. The van der Waals surface area contributed by atoms with Gasteiger partial charge in [-0.1, -0.05) is 39.7 Å². The van der Waals surface area contributed by atoms with Crippen LogP contribution >= 0.6 is 27.5 Å². The third kappa shape index (κ3) is 4.58. The van der Waals surface area contributed by atoms with Gasteiger partial charge in [-0.05, 0) is 42.8 Å². The molecule has 0 unspecified atom stereocenters. The average Bonchev–Trinajstić information content (AvgIpc) is 2.49. The van der Waals surface area contributed by atoms with Crippen molar-refractivity contribution in [1.29, 1.82) is 0 Å². The topological polar surface area (TPSA) is 50.7 Å². The van der Waals surface area contributed by atoms with E-state index >= 15 is 0 Å². The summed E-state index contributed by atoms with van der Waals surface area (Å²) in [5.74, 6) is 0.171. The molecule has 0 fully saturated rings. The molecule has 0 aliphatic heterocycles. The maximum Gasteiger partial charge on any atom is 0.275 e. The number of amides is 1. The second-order valence-corrected chi connectivity index (χ2v) is 5.68. The Balaban J connectivity index is 2.10. The normalized spacial score (nSPS) is 10.7. The van der Waals surface area contributed by atoms with E-state index in [4.69, 9.17) is 16.3 Å². The summed E-state index contributed by atoms with van der Waals surface area (Å²) in [7, 11) is 0. The van der Waals surface area contributed by atoms with E-state index in [1.54, 1.807) is 24.3 Å². The number of carbonyl (C=O) groups is 1. The van der Waals surface area contributed by atoms with E-state index in [2.05, 4.69) is 26.5 Å². The van der Waals surface area contributed by atoms with Crippen molar-refractivity contribution >= 4 is 39.7 Å². The van der Waals surface area contributed by atoms with Gasteiger partial charge in [0.2, 0.25) is 0 Å². The second-order valence-electron chi connectivity index (χ2n) is 4.33. The van der Waals surface area contributed by atoms with Gasteiger partial charge in [-0.2, -0.15) is 5.10 Å². The van der Waals surface area contributed by atoms with Crippen molar-refractivity contribution in [2.24, 2.45) is 5.10 Å². The molecule has 1 N–H and O–H groups in total. The Bertz CT molecular complexity index is 704. The minimum atomic E-state index is -0.344. The number of carbonyl (C=O) groups excluding carboxylic acids is 1. The van der Waals surface area contributed by atoms with Crippen LogP contribution in [0.25, 0.3) is 0 Å². The van der Waals surface area contributed by atoms with E-state index in [9.17, 15) is 4.79 Å². The number of halogens is 2. The Kier molecular flexibility index (Phi) is 5.98. The van der Waals surface area contributed by atoms with Gasteiger partial charge in [-0.15, -0.1) is 0 Å². The standard InChI is InChI=1S/C16H14BrClN2O2/c1-2-22-15-7-6-12(17)9-14(15)16(21)20-19-10-11-4-3-5-13(18)8-11/h3-10H,2H2,1H3,(H,20,21)/b19-10+. The van der Waals surface area contributed by atoms with Crippen molar-refractivity contribution < 1.29 is 9.53 Å². The highest BCUT2D eigenvalue weighted by atomic mass is 79.9. The lowest BCUT2D eigenvalue weighted by atomic mass is 10.2. The molecule has 114 valence electrons. The lowest BCUT2D eigenvalue weighted by Gasteiger charge is -2.09. The molecule has 0 aromatic heterocycles.